The lowest BCUT2D eigenvalue weighted by molar-refractivity contribution is 0.0200. The van der Waals surface area contributed by atoms with Crippen molar-refractivity contribution in [3.63, 3.8) is 0 Å². The Labute approximate surface area is 98.4 Å². The first-order valence-electron chi connectivity index (χ1n) is 3.87. The molecule has 12 heteroatoms. The summed E-state index contributed by atoms with van der Waals surface area (Å²) in [4.78, 5) is 0. The first-order valence-corrected chi connectivity index (χ1v) is 6.60. The van der Waals surface area contributed by atoms with Crippen LogP contribution in [0.5, 0.6) is 0 Å². The van der Waals surface area contributed by atoms with Gasteiger partial charge >= 0.3 is 20.8 Å². The lowest BCUT2D eigenvalue weighted by Gasteiger charge is -2.20. The zero-order valence-corrected chi connectivity index (χ0v) is 10.3. The molecule has 0 radical (unpaired) electrons. The molecule has 0 fully saturated rings. The molecule has 0 aromatic carbocycles. The van der Waals surface area contributed by atoms with Crippen molar-refractivity contribution in [2.45, 2.75) is 6.92 Å². The van der Waals surface area contributed by atoms with Gasteiger partial charge in [-0.25, -0.2) is 0 Å². The SMILES string of the molecule is CC(CO)(CO)CO.O=S(=O)(O)OS(=O)(=O)O. The second-order valence-corrected chi connectivity index (χ2v) is 5.46. The number of aliphatic hydroxyl groups excluding tert-OH is 3. The summed E-state index contributed by atoms with van der Waals surface area (Å²) in [6.45, 7) is 1.06. The van der Waals surface area contributed by atoms with E-state index in [1.54, 1.807) is 6.92 Å². The minimum absolute atomic E-state index is 0.181. The van der Waals surface area contributed by atoms with Crippen LogP contribution in [0.3, 0.4) is 0 Å². The van der Waals surface area contributed by atoms with Crippen molar-refractivity contribution in [3.8, 4) is 0 Å². The molecule has 0 aliphatic heterocycles. The predicted octanol–water partition coefficient (Wildman–Crippen LogP) is -2.42. The van der Waals surface area contributed by atoms with Gasteiger partial charge in [-0.05, 0) is 0 Å². The van der Waals surface area contributed by atoms with E-state index < -0.39 is 26.2 Å². The summed E-state index contributed by atoms with van der Waals surface area (Å²) in [6.07, 6.45) is 0. The topological polar surface area (TPSA) is 179 Å². The molecule has 5 N–H and O–H groups in total. The molecule has 0 aliphatic rings. The van der Waals surface area contributed by atoms with E-state index in [-0.39, 0.29) is 19.8 Å². The summed E-state index contributed by atoms with van der Waals surface area (Å²) < 4.78 is 55.6. The molecule has 0 aromatic rings. The van der Waals surface area contributed by atoms with E-state index in [0.29, 0.717) is 0 Å². The molecular weight excluding hydrogens is 284 g/mol. The maximum Gasteiger partial charge on any atom is 0.413 e. The van der Waals surface area contributed by atoms with Crippen LogP contribution >= 0.6 is 0 Å². The third kappa shape index (κ3) is 13.6. The van der Waals surface area contributed by atoms with Gasteiger partial charge in [0.25, 0.3) is 0 Å². The summed E-state index contributed by atoms with van der Waals surface area (Å²) in [5, 5.41) is 25.4. The molecule has 17 heavy (non-hydrogen) atoms. The van der Waals surface area contributed by atoms with Gasteiger partial charge in [0.05, 0.1) is 19.8 Å². The standard InChI is InChI=1S/C5H12O3.H2O7S2/c1-5(2-6,3-7)4-8;1-8(2,3)7-9(4,5)6/h6-8H,2-4H2,1H3;(H,1,2,3)(H,4,5,6). The van der Waals surface area contributed by atoms with Gasteiger partial charge in [0.1, 0.15) is 0 Å². The lowest BCUT2D eigenvalue weighted by Crippen LogP contribution is -2.29. The molecule has 0 saturated heterocycles. The average Bonchev–Trinajstić information content (AvgIpc) is 2.12. The Morgan fingerprint density at radius 3 is 1.12 bits per heavy atom. The average molecular weight is 298 g/mol. The van der Waals surface area contributed by atoms with E-state index in [9.17, 15) is 16.8 Å². The maximum atomic E-state index is 9.44. The van der Waals surface area contributed by atoms with Crippen LogP contribution in [0.4, 0.5) is 0 Å². The molecule has 0 saturated carbocycles. The van der Waals surface area contributed by atoms with Gasteiger partial charge in [-0.15, -0.1) is 3.63 Å². The zero-order valence-electron chi connectivity index (χ0n) is 8.72. The Morgan fingerprint density at radius 1 is 0.882 bits per heavy atom. The molecule has 0 rings (SSSR count). The zero-order chi connectivity index (χ0) is 14.3. The molecule has 0 aromatic heterocycles. The summed E-state index contributed by atoms with van der Waals surface area (Å²) in [5.41, 5.74) is -0.708. The van der Waals surface area contributed by atoms with Crippen molar-refractivity contribution >= 4 is 20.8 Å². The molecule has 0 unspecified atom stereocenters. The van der Waals surface area contributed by atoms with E-state index in [2.05, 4.69) is 3.63 Å². The van der Waals surface area contributed by atoms with Crippen LogP contribution in [0.25, 0.3) is 0 Å². The van der Waals surface area contributed by atoms with E-state index >= 15 is 0 Å². The van der Waals surface area contributed by atoms with Crippen LogP contribution in [0.2, 0.25) is 0 Å². The number of hydrogen-bond acceptors (Lipinski definition) is 8. The highest BCUT2D eigenvalue weighted by Gasteiger charge is 2.20. The molecule has 0 spiro atoms. The summed E-state index contributed by atoms with van der Waals surface area (Å²) in [6, 6.07) is 0. The molecule has 0 atom stereocenters. The van der Waals surface area contributed by atoms with Crippen LogP contribution in [0.1, 0.15) is 6.92 Å². The van der Waals surface area contributed by atoms with Crippen LogP contribution in [0.15, 0.2) is 0 Å². The molecular formula is C5H14O10S2. The second-order valence-electron chi connectivity index (χ2n) is 3.21. The minimum atomic E-state index is -5.12. The van der Waals surface area contributed by atoms with Crippen molar-refractivity contribution < 1.29 is 44.9 Å². The van der Waals surface area contributed by atoms with Gasteiger partial charge in [-0.1, -0.05) is 6.92 Å². The fourth-order valence-electron chi connectivity index (χ4n) is 0.259. The van der Waals surface area contributed by atoms with Crippen LogP contribution in [-0.4, -0.2) is 61.1 Å². The van der Waals surface area contributed by atoms with Gasteiger partial charge in [-0.2, -0.15) is 16.8 Å². The van der Waals surface area contributed by atoms with Gasteiger partial charge in [0.2, 0.25) is 0 Å². The third-order valence-corrected chi connectivity index (χ3v) is 2.69. The second kappa shape index (κ2) is 7.17. The quantitative estimate of drug-likeness (QED) is 0.343. The fraction of sp³-hybridized carbons (Fsp3) is 1.00. The Balaban J connectivity index is 0. The summed E-state index contributed by atoms with van der Waals surface area (Å²) in [5.74, 6) is 0. The maximum absolute atomic E-state index is 9.44. The van der Waals surface area contributed by atoms with E-state index in [4.69, 9.17) is 24.4 Å². The summed E-state index contributed by atoms with van der Waals surface area (Å²) >= 11 is 0. The van der Waals surface area contributed by atoms with Gasteiger partial charge < -0.3 is 15.3 Å². The molecule has 0 bridgehead atoms. The molecule has 0 heterocycles. The van der Waals surface area contributed by atoms with Crippen molar-refractivity contribution in [1.29, 1.82) is 0 Å². The Bertz CT molecular complexity index is 352. The first kappa shape index (κ1) is 19.0. The van der Waals surface area contributed by atoms with E-state index in [1.165, 1.54) is 0 Å². The van der Waals surface area contributed by atoms with Crippen molar-refractivity contribution in [1.82, 2.24) is 0 Å². The molecule has 0 amide bonds. The Morgan fingerprint density at radius 2 is 1.12 bits per heavy atom. The van der Waals surface area contributed by atoms with Crippen molar-refractivity contribution in [3.05, 3.63) is 0 Å². The van der Waals surface area contributed by atoms with E-state index in [0.717, 1.165) is 0 Å². The third-order valence-electron chi connectivity index (χ3n) is 1.32. The number of hydrogen-bond donors (Lipinski definition) is 5. The van der Waals surface area contributed by atoms with E-state index in [1.807, 2.05) is 0 Å². The highest BCUT2D eigenvalue weighted by atomic mass is 32.3. The first-order chi connectivity index (χ1) is 7.39. The predicted molar refractivity (Wildman–Crippen MR) is 53.5 cm³/mol. The van der Waals surface area contributed by atoms with Crippen molar-refractivity contribution in [2.75, 3.05) is 19.8 Å². The fourth-order valence-corrected chi connectivity index (χ4v) is 1.13. The number of rotatable bonds is 5. The molecule has 10 nitrogen and oxygen atoms in total. The smallest absolute Gasteiger partial charge is 0.396 e. The highest BCUT2D eigenvalue weighted by Crippen LogP contribution is 2.10. The van der Waals surface area contributed by atoms with Crippen LogP contribution < -0.4 is 0 Å². The highest BCUT2D eigenvalue weighted by molar-refractivity contribution is 7.94. The number of aliphatic hydroxyl groups is 3. The molecule has 106 valence electrons. The van der Waals surface area contributed by atoms with Crippen LogP contribution in [0, 0.1) is 5.41 Å². The van der Waals surface area contributed by atoms with Gasteiger partial charge in [0.15, 0.2) is 0 Å². The molecule has 0 aliphatic carbocycles. The van der Waals surface area contributed by atoms with Crippen LogP contribution in [-0.2, 0) is 24.4 Å². The van der Waals surface area contributed by atoms with Gasteiger partial charge in [-0.3, -0.25) is 9.11 Å². The van der Waals surface area contributed by atoms with Gasteiger partial charge in [0, 0.05) is 5.41 Å². The Hall–Kier alpha value is -0.340. The minimum Gasteiger partial charge on any atom is -0.396 e. The van der Waals surface area contributed by atoms with Crippen molar-refractivity contribution in [2.24, 2.45) is 5.41 Å². The largest absolute Gasteiger partial charge is 0.413 e. The summed E-state index contributed by atoms with van der Waals surface area (Å²) in [7, 11) is -10.2. The normalized spacial score (nSPS) is 12.8. The lowest BCUT2D eigenvalue weighted by atomic mass is 9.95. The Kier molecular flexibility index (Phi) is 8.02. The monoisotopic (exact) mass is 298 g/mol.